The van der Waals surface area contributed by atoms with Gasteiger partial charge in [0.15, 0.2) is 0 Å². The first-order valence-corrected chi connectivity index (χ1v) is 12.8. The number of hydrogen-bond acceptors (Lipinski definition) is 2. The van der Waals surface area contributed by atoms with Gasteiger partial charge in [-0.1, -0.05) is 31.2 Å². The van der Waals surface area contributed by atoms with Gasteiger partial charge < -0.3 is 4.90 Å². The van der Waals surface area contributed by atoms with Gasteiger partial charge in [-0.25, -0.2) is 0 Å². The van der Waals surface area contributed by atoms with Crippen molar-refractivity contribution in [3.05, 3.63) is 48.2 Å². The smallest absolute Gasteiger partial charge is 0.0708 e. The van der Waals surface area contributed by atoms with Gasteiger partial charge in [-0.3, -0.25) is 4.98 Å². The van der Waals surface area contributed by atoms with Crippen LogP contribution >= 0.6 is 0 Å². The molecule has 0 aliphatic heterocycles. The van der Waals surface area contributed by atoms with E-state index in [2.05, 4.69) is 67.3 Å². The maximum absolute atomic E-state index is 4.64. The Kier molecular flexibility index (Phi) is 4.79. The van der Waals surface area contributed by atoms with E-state index < -0.39 is 0 Å². The van der Waals surface area contributed by atoms with Crippen LogP contribution in [0.15, 0.2) is 42.6 Å². The molecule has 0 saturated heterocycles. The number of benzene rings is 1. The lowest BCUT2D eigenvalue weighted by molar-refractivity contribution is -0.0481. The minimum atomic E-state index is 0.346. The lowest BCUT2D eigenvalue weighted by atomic mass is 9.49. The first kappa shape index (κ1) is 20.0. The number of allylic oxidation sites excluding steroid dienone is 2. The molecule has 164 valence electrons. The topological polar surface area (TPSA) is 16.1 Å². The van der Waals surface area contributed by atoms with Gasteiger partial charge in [0.25, 0.3) is 0 Å². The molecule has 2 aromatic rings. The van der Waals surface area contributed by atoms with Gasteiger partial charge in [0.1, 0.15) is 0 Å². The molecular weight excluding hydrogens is 376 g/mol. The van der Waals surface area contributed by atoms with Crippen LogP contribution in [0.4, 0.5) is 0 Å². The van der Waals surface area contributed by atoms with Crippen molar-refractivity contribution in [1.82, 2.24) is 9.88 Å². The van der Waals surface area contributed by atoms with E-state index in [1.807, 2.05) is 6.20 Å². The molecule has 1 heterocycles. The molecule has 4 aliphatic rings. The Morgan fingerprint density at radius 2 is 1.81 bits per heavy atom. The first-order chi connectivity index (χ1) is 15.1. The van der Waals surface area contributed by atoms with E-state index in [0.717, 1.165) is 41.1 Å². The van der Waals surface area contributed by atoms with Gasteiger partial charge in [-0.2, -0.15) is 0 Å². The number of fused-ring (bicyclic) bond motifs is 6. The third kappa shape index (κ3) is 3.04. The molecule has 2 nitrogen and oxygen atoms in total. The van der Waals surface area contributed by atoms with Gasteiger partial charge in [0.05, 0.1) is 5.52 Å². The Balaban J connectivity index is 1.28. The van der Waals surface area contributed by atoms with Crippen LogP contribution in [0.3, 0.4) is 0 Å². The SMILES string of the molecule is CN(C)[C@H]1CC[C@H]2[C@@H](CC[C@@H]3[C@@H]2CC[C@]2(C)C(c4cccc5ncccc45)=CC[C@@H]32)C1. The fourth-order valence-electron chi connectivity index (χ4n) is 8.62. The van der Waals surface area contributed by atoms with Crippen LogP contribution in [-0.4, -0.2) is 30.0 Å². The van der Waals surface area contributed by atoms with E-state index in [9.17, 15) is 0 Å². The standard InChI is InChI=1S/C29H38N2/c1-29-16-15-22-21-12-10-20(31(2)3)18-19(21)9-11-24(22)27(29)14-13-26(29)23-6-4-8-28-25(23)7-5-17-30-28/h4-8,13,17,19-22,24,27H,9-12,14-16,18H2,1-3H3/t19-,20-,21-,22+,24+,27-,29+/m0/s1. The lowest BCUT2D eigenvalue weighted by Crippen LogP contribution is -2.49. The van der Waals surface area contributed by atoms with E-state index in [-0.39, 0.29) is 0 Å². The highest BCUT2D eigenvalue weighted by atomic mass is 15.1. The Bertz CT molecular complexity index is 1000. The monoisotopic (exact) mass is 414 g/mol. The van der Waals surface area contributed by atoms with E-state index in [4.69, 9.17) is 0 Å². The largest absolute Gasteiger partial charge is 0.306 e. The Labute approximate surface area is 188 Å². The molecule has 0 spiro atoms. The summed E-state index contributed by atoms with van der Waals surface area (Å²) in [6.45, 7) is 2.61. The lowest BCUT2D eigenvalue weighted by Gasteiger charge is -2.56. The minimum Gasteiger partial charge on any atom is -0.306 e. The molecular formula is C29H38N2. The average molecular weight is 415 g/mol. The summed E-state index contributed by atoms with van der Waals surface area (Å²) in [7, 11) is 4.58. The summed E-state index contributed by atoms with van der Waals surface area (Å²) in [5.74, 6) is 4.77. The second-order valence-corrected chi connectivity index (χ2v) is 11.6. The van der Waals surface area contributed by atoms with Crippen LogP contribution in [0.2, 0.25) is 0 Å². The summed E-state index contributed by atoms with van der Waals surface area (Å²) in [5.41, 5.74) is 4.57. The van der Waals surface area contributed by atoms with E-state index in [0.29, 0.717) is 5.41 Å². The Hall–Kier alpha value is -1.67. The molecule has 0 amide bonds. The third-order valence-corrected chi connectivity index (χ3v) is 10.2. The normalized spacial score (nSPS) is 39.7. The predicted octanol–water partition coefficient (Wildman–Crippen LogP) is 6.81. The summed E-state index contributed by atoms with van der Waals surface area (Å²) in [5, 5.41) is 1.34. The van der Waals surface area contributed by atoms with Crippen LogP contribution in [0.25, 0.3) is 16.5 Å². The molecule has 0 unspecified atom stereocenters. The maximum Gasteiger partial charge on any atom is 0.0708 e. The Morgan fingerprint density at radius 1 is 0.935 bits per heavy atom. The molecule has 0 N–H and O–H groups in total. The highest BCUT2D eigenvalue weighted by Gasteiger charge is 2.55. The zero-order valence-electron chi connectivity index (χ0n) is 19.6. The van der Waals surface area contributed by atoms with E-state index >= 15 is 0 Å². The predicted molar refractivity (Wildman–Crippen MR) is 130 cm³/mol. The molecule has 7 atom stereocenters. The van der Waals surface area contributed by atoms with Crippen molar-refractivity contribution in [2.75, 3.05) is 14.1 Å². The average Bonchev–Trinajstić information content (AvgIpc) is 3.15. The molecule has 1 aromatic carbocycles. The van der Waals surface area contributed by atoms with Crippen molar-refractivity contribution in [2.24, 2.45) is 35.0 Å². The number of aromatic nitrogens is 1. The zero-order valence-corrected chi connectivity index (χ0v) is 19.6. The number of rotatable bonds is 2. The van der Waals surface area contributed by atoms with E-state index in [1.54, 1.807) is 5.57 Å². The van der Waals surface area contributed by atoms with Crippen molar-refractivity contribution >= 4 is 16.5 Å². The van der Waals surface area contributed by atoms with Crippen molar-refractivity contribution in [3.63, 3.8) is 0 Å². The number of pyridine rings is 1. The summed E-state index contributed by atoms with van der Waals surface area (Å²) in [6, 6.07) is 11.9. The van der Waals surface area contributed by atoms with Crippen LogP contribution in [-0.2, 0) is 0 Å². The van der Waals surface area contributed by atoms with Crippen LogP contribution in [0.1, 0.15) is 63.9 Å². The summed E-state index contributed by atoms with van der Waals surface area (Å²) in [6.07, 6.45) is 16.0. The van der Waals surface area contributed by atoms with Crippen molar-refractivity contribution < 1.29 is 0 Å². The van der Waals surface area contributed by atoms with Crippen molar-refractivity contribution in [2.45, 2.75) is 64.3 Å². The van der Waals surface area contributed by atoms with Gasteiger partial charge in [0, 0.05) is 17.6 Å². The minimum absolute atomic E-state index is 0.346. The highest BCUT2D eigenvalue weighted by molar-refractivity contribution is 5.93. The van der Waals surface area contributed by atoms with Gasteiger partial charge in [-0.15, -0.1) is 0 Å². The fraction of sp³-hybridized carbons (Fsp3) is 0.621. The second-order valence-electron chi connectivity index (χ2n) is 11.6. The molecule has 1 aromatic heterocycles. The van der Waals surface area contributed by atoms with Gasteiger partial charge in [0.2, 0.25) is 0 Å². The summed E-state index contributed by atoms with van der Waals surface area (Å²) < 4.78 is 0. The van der Waals surface area contributed by atoms with Crippen LogP contribution in [0, 0.1) is 35.0 Å². The molecule has 0 radical (unpaired) electrons. The molecule has 4 aliphatic carbocycles. The quantitative estimate of drug-likeness (QED) is 0.536. The van der Waals surface area contributed by atoms with Gasteiger partial charge in [-0.05, 0) is 124 Å². The molecule has 6 rings (SSSR count). The fourth-order valence-corrected chi connectivity index (χ4v) is 8.62. The van der Waals surface area contributed by atoms with Crippen LogP contribution < -0.4 is 0 Å². The highest BCUT2D eigenvalue weighted by Crippen LogP contribution is 2.64. The van der Waals surface area contributed by atoms with Crippen molar-refractivity contribution in [3.8, 4) is 0 Å². The van der Waals surface area contributed by atoms with Crippen molar-refractivity contribution in [1.29, 1.82) is 0 Å². The maximum atomic E-state index is 4.64. The molecule has 3 fully saturated rings. The summed E-state index contributed by atoms with van der Waals surface area (Å²) in [4.78, 5) is 7.13. The number of nitrogens with zero attached hydrogens (tertiary/aromatic N) is 2. The zero-order chi connectivity index (χ0) is 21.2. The second kappa shape index (κ2) is 7.44. The summed E-state index contributed by atoms with van der Waals surface area (Å²) >= 11 is 0. The van der Waals surface area contributed by atoms with Gasteiger partial charge >= 0.3 is 0 Å². The van der Waals surface area contributed by atoms with E-state index in [1.165, 1.54) is 62.3 Å². The first-order valence-electron chi connectivity index (χ1n) is 12.8. The molecule has 0 bridgehead atoms. The molecule has 3 saturated carbocycles. The molecule has 2 heteroatoms. The third-order valence-electron chi connectivity index (χ3n) is 10.2. The number of hydrogen-bond donors (Lipinski definition) is 0. The van der Waals surface area contributed by atoms with Crippen LogP contribution in [0.5, 0.6) is 0 Å². The Morgan fingerprint density at radius 3 is 2.68 bits per heavy atom. The molecule has 31 heavy (non-hydrogen) atoms.